The third-order valence-electron chi connectivity index (χ3n) is 2.75. The predicted octanol–water partition coefficient (Wildman–Crippen LogP) is 5.26. The second-order valence-corrected chi connectivity index (χ2v) is 5.13. The summed E-state index contributed by atoms with van der Waals surface area (Å²) < 4.78 is 0. The largest absolute Gasteiger partial charge is 0.226 e. The lowest BCUT2D eigenvalue weighted by Crippen LogP contribution is -1.93. The van der Waals surface area contributed by atoms with Gasteiger partial charge in [-0.15, -0.1) is 0 Å². The summed E-state index contributed by atoms with van der Waals surface area (Å²) in [6.45, 7) is 0. The molecule has 1 aromatic heterocycles. The highest BCUT2D eigenvalue weighted by atomic mass is 35.5. The van der Waals surface area contributed by atoms with Crippen molar-refractivity contribution < 1.29 is 0 Å². The van der Waals surface area contributed by atoms with E-state index in [0.29, 0.717) is 26.5 Å². The third kappa shape index (κ3) is 2.27. The van der Waals surface area contributed by atoms with E-state index >= 15 is 0 Å². The minimum absolute atomic E-state index is 0.363. The molecule has 5 heteroatoms. The Morgan fingerprint density at radius 3 is 2.26 bits per heavy atom. The van der Waals surface area contributed by atoms with Gasteiger partial charge in [0.15, 0.2) is 5.82 Å². The number of para-hydroxylation sites is 1. The van der Waals surface area contributed by atoms with Crippen molar-refractivity contribution in [3.8, 4) is 11.4 Å². The summed E-state index contributed by atoms with van der Waals surface area (Å²) >= 11 is 18.5. The van der Waals surface area contributed by atoms with Crippen LogP contribution in [0.25, 0.3) is 22.3 Å². The van der Waals surface area contributed by atoms with Crippen LogP contribution >= 0.6 is 34.8 Å². The molecule has 0 atom stereocenters. The van der Waals surface area contributed by atoms with Crippen LogP contribution in [-0.2, 0) is 0 Å². The molecule has 94 valence electrons. The molecule has 0 spiro atoms. The fourth-order valence-corrected chi connectivity index (χ4v) is 2.51. The Bertz CT molecular complexity index is 772. The van der Waals surface area contributed by atoms with Gasteiger partial charge < -0.3 is 0 Å². The van der Waals surface area contributed by atoms with Crippen molar-refractivity contribution in [1.29, 1.82) is 0 Å². The van der Waals surface area contributed by atoms with E-state index in [1.807, 2.05) is 30.3 Å². The van der Waals surface area contributed by atoms with Crippen molar-refractivity contribution in [1.82, 2.24) is 9.97 Å². The van der Waals surface area contributed by atoms with Gasteiger partial charge in [0.1, 0.15) is 5.15 Å². The molecule has 2 aromatic carbocycles. The quantitative estimate of drug-likeness (QED) is 0.573. The van der Waals surface area contributed by atoms with Crippen molar-refractivity contribution in [3.05, 3.63) is 57.7 Å². The monoisotopic (exact) mass is 308 g/mol. The van der Waals surface area contributed by atoms with Crippen molar-refractivity contribution >= 4 is 45.7 Å². The average Bonchev–Trinajstić information content (AvgIpc) is 2.40. The smallest absolute Gasteiger partial charge is 0.163 e. The minimum atomic E-state index is 0.363. The van der Waals surface area contributed by atoms with E-state index in [-0.39, 0.29) is 0 Å². The number of aromatic nitrogens is 2. The molecule has 0 bridgehead atoms. The third-order valence-corrected chi connectivity index (χ3v) is 3.67. The van der Waals surface area contributed by atoms with Gasteiger partial charge in [-0.25, -0.2) is 9.97 Å². The fourth-order valence-electron chi connectivity index (χ4n) is 1.84. The van der Waals surface area contributed by atoms with Gasteiger partial charge in [0.05, 0.1) is 15.6 Å². The van der Waals surface area contributed by atoms with E-state index in [0.717, 1.165) is 10.9 Å². The second-order valence-electron chi connectivity index (χ2n) is 3.95. The molecular formula is C14H7Cl3N2. The van der Waals surface area contributed by atoms with Gasteiger partial charge in [0.2, 0.25) is 0 Å². The Labute approximate surface area is 125 Å². The first-order chi connectivity index (χ1) is 9.16. The number of hydrogen-bond donors (Lipinski definition) is 0. The van der Waals surface area contributed by atoms with Crippen molar-refractivity contribution in [2.75, 3.05) is 0 Å². The maximum atomic E-state index is 6.18. The summed E-state index contributed by atoms with van der Waals surface area (Å²) in [4.78, 5) is 8.74. The molecule has 3 aromatic rings. The van der Waals surface area contributed by atoms with Crippen molar-refractivity contribution in [3.63, 3.8) is 0 Å². The highest BCUT2D eigenvalue weighted by Crippen LogP contribution is 2.31. The Kier molecular flexibility index (Phi) is 3.31. The molecule has 0 amide bonds. The van der Waals surface area contributed by atoms with Crippen LogP contribution in [0, 0.1) is 0 Å². The van der Waals surface area contributed by atoms with Gasteiger partial charge in [0.25, 0.3) is 0 Å². The van der Waals surface area contributed by atoms with Gasteiger partial charge in [0, 0.05) is 10.9 Å². The Balaban J connectivity index is 2.33. The molecule has 19 heavy (non-hydrogen) atoms. The zero-order valence-corrected chi connectivity index (χ0v) is 11.8. The molecule has 0 aliphatic heterocycles. The van der Waals surface area contributed by atoms with Gasteiger partial charge in [-0.3, -0.25) is 0 Å². The van der Waals surface area contributed by atoms with Crippen LogP contribution in [0.4, 0.5) is 0 Å². The van der Waals surface area contributed by atoms with Gasteiger partial charge in [-0.2, -0.15) is 0 Å². The SMILES string of the molecule is Clc1ccccc1-c1nc(Cl)c2cccc(Cl)c2n1. The lowest BCUT2D eigenvalue weighted by atomic mass is 10.2. The van der Waals surface area contributed by atoms with Crippen LogP contribution in [0.1, 0.15) is 0 Å². The van der Waals surface area contributed by atoms with Gasteiger partial charge in [-0.1, -0.05) is 53.0 Å². The zero-order valence-electron chi connectivity index (χ0n) is 9.57. The van der Waals surface area contributed by atoms with Gasteiger partial charge in [-0.05, 0) is 24.3 Å². The van der Waals surface area contributed by atoms with E-state index < -0.39 is 0 Å². The predicted molar refractivity (Wildman–Crippen MR) is 80.0 cm³/mol. The Morgan fingerprint density at radius 2 is 1.47 bits per heavy atom. The van der Waals surface area contributed by atoms with Crippen LogP contribution in [0.15, 0.2) is 42.5 Å². The van der Waals surface area contributed by atoms with E-state index in [2.05, 4.69) is 9.97 Å². The molecule has 0 N–H and O–H groups in total. The number of hydrogen-bond acceptors (Lipinski definition) is 2. The maximum absolute atomic E-state index is 6.18. The second kappa shape index (κ2) is 4.97. The van der Waals surface area contributed by atoms with Crippen LogP contribution in [-0.4, -0.2) is 9.97 Å². The first kappa shape index (κ1) is 12.7. The molecule has 0 fully saturated rings. The lowest BCUT2D eigenvalue weighted by molar-refractivity contribution is 1.23. The molecule has 0 saturated heterocycles. The molecule has 0 unspecified atom stereocenters. The molecule has 1 heterocycles. The van der Waals surface area contributed by atoms with E-state index in [9.17, 15) is 0 Å². The average molecular weight is 310 g/mol. The van der Waals surface area contributed by atoms with Crippen LogP contribution in [0.3, 0.4) is 0 Å². The summed E-state index contributed by atoms with van der Waals surface area (Å²) in [5, 5.41) is 2.20. The summed E-state index contributed by atoms with van der Waals surface area (Å²) in [5.41, 5.74) is 1.35. The molecule has 0 radical (unpaired) electrons. The first-order valence-electron chi connectivity index (χ1n) is 5.53. The highest BCUT2D eigenvalue weighted by molar-refractivity contribution is 6.38. The Hall–Kier alpha value is -1.35. The van der Waals surface area contributed by atoms with Crippen LogP contribution < -0.4 is 0 Å². The number of halogens is 3. The van der Waals surface area contributed by atoms with Crippen molar-refractivity contribution in [2.45, 2.75) is 0 Å². The molecular weight excluding hydrogens is 303 g/mol. The standard InChI is InChI=1S/C14H7Cl3N2/c15-10-6-2-1-4-8(10)14-18-12-9(13(17)19-14)5-3-7-11(12)16/h1-7H. The van der Waals surface area contributed by atoms with Crippen molar-refractivity contribution in [2.24, 2.45) is 0 Å². The summed E-state index contributed by atoms with van der Waals surface area (Å²) in [5.74, 6) is 0.469. The molecule has 3 rings (SSSR count). The summed E-state index contributed by atoms with van der Waals surface area (Å²) in [6, 6.07) is 12.8. The number of benzene rings is 2. The summed E-state index contributed by atoms with van der Waals surface area (Å²) in [6.07, 6.45) is 0. The number of nitrogens with zero attached hydrogens (tertiary/aromatic N) is 2. The molecule has 2 nitrogen and oxygen atoms in total. The molecule has 0 saturated carbocycles. The Morgan fingerprint density at radius 1 is 0.737 bits per heavy atom. The van der Waals surface area contributed by atoms with Gasteiger partial charge >= 0.3 is 0 Å². The van der Waals surface area contributed by atoms with Crippen LogP contribution in [0.2, 0.25) is 15.2 Å². The molecule has 0 aliphatic rings. The maximum Gasteiger partial charge on any atom is 0.163 e. The topological polar surface area (TPSA) is 25.8 Å². The normalized spacial score (nSPS) is 10.9. The van der Waals surface area contributed by atoms with E-state index in [1.54, 1.807) is 12.1 Å². The zero-order chi connectivity index (χ0) is 13.4. The number of rotatable bonds is 1. The van der Waals surface area contributed by atoms with E-state index in [1.165, 1.54) is 0 Å². The first-order valence-corrected chi connectivity index (χ1v) is 6.67. The lowest BCUT2D eigenvalue weighted by Gasteiger charge is -2.07. The highest BCUT2D eigenvalue weighted by Gasteiger charge is 2.11. The van der Waals surface area contributed by atoms with Crippen LogP contribution in [0.5, 0.6) is 0 Å². The van der Waals surface area contributed by atoms with E-state index in [4.69, 9.17) is 34.8 Å². The fraction of sp³-hybridized carbons (Fsp3) is 0. The summed E-state index contributed by atoms with van der Waals surface area (Å²) in [7, 11) is 0. The number of fused-ring (bicyclic) bond motifs is 1. The minimum Gasteiger partial charge on any atom is -0.226 e. The molecule has 0 aliphatic carbocycles.